The second kappa shape index (κ2) is 6.22. The number of nitro groups is 1. The van der Waals surface area contributed by atoms with Crippen molar-refractivity contribution in [3.8, 4) is 6.07 Å². The standard InChI is InChI=1S/C12H14ClN3O2/c1-9(5-6-14)15(2)12-4-3-11(16(17)18)7-10(12)8-13/h3-4,7,9H,5,8H2,1-2H3. The van der Waals surface area contributed by atoms with Gasteiger partial charge in [0.05, 0.1) is 17.4 Å². The number of benzene rings is 1. The van der Waals surface area contributed by atoms with Gasteiger partial charge < -0.3 is 4.90 Å². The highest BCUT2D eigenvalue weighted by atomic mass is 35.5. The van der Waals surface area contributed by atoms with Crippen LogP contribution in [0.15, 0.2) is 18.2 Å². The quantitative estimate of drug-likeness (QED) is 0.467. The second-order valence-electron chi connectivity index (χ2n) is 4.03. The number of rotatable bonds is 5. The minimum atomic E-state index is -0.446. The first-order valence-corrected chi connectivity index (χ1v) is 5.97. The molecule has 1 aromatic rings. The monoisotopic (exact) mass is 267 g/mol. The normalized spacial score (nSPS) is 11.7. The van der Waals surface area contributed by atoms with Gasteiger partial charge >= 0.3 is 0 Å². The highest BCUT2D eigenvalue weighted by Gasteiger charge is 2.16. The van der Waals surface area contributed by atoms with Gasteiger partial charge in [0.2, 0.25) is 0 Å². The first kappa shape index (κ1) is 14.3. The molecular weight excluding hydrogens is 254 g/mol. The molecule has 0 saturated heterocycles. The maximum atomic E-state index is 10.7. The Hall–Kier alpha value is -1.80. The lowest BCUT2D eigenvalue weighted by Crippen LogP contribution is -2.29. The fourth-order valence-corrected chi connectivity index (χ4v) is 1.86. The second-order valence-corrected chi connectivity index (χ2v) is 4.29. The van der Waals surface area contributed by atoms with Crippen LogP contribution in [-0.4, -0.2) is 18.0 Å². The van der Waals surface area contributed by atoms with E-state index in [1.165, 1.54) is 12.1 Å². The fraction of sp³-hybridized carbons (Fsp3) is 0.417. The van der Waals surface area contributed by atoms with E-state index in [1.807, 2.05) is 18.9 Å². The number of hydrogen-bond acceptors (Lipinski definition) is 4. The van der Waals surface area contributed by atoms with E-state index in [1.54, 1.807) is 6.07 Å². The van der Waals surface area contributed by atoms with E-state index in [0.29, 0.717) is 12.0 Å². The highest BCUT2D eigenvalue weighted by Crippen LogP contribution is 2.27. The van der Waals surface area contributed by atoms with E-state index >= 15 is 0 Å². The molecule has 18 heavy (non-hydrogen) atoms. The SMILES string of the molecule is CC(CC#N)N(C)c1ccc([N+](=O)[O-])cc1CCl. The van der Waals surface area contributed by atoms with Crippen molar-refractivity contribution in [1.29, 1.82) is 5.26 Å². The van der Waals surface area contributed by atoms with Gasteiger partial charge in [-0.2, -0.15) is 5.26 Å². The molecule has 0 heterocycles. The first-order valence-electron chi connectivity index (χ1n) is 5.44. The maximum Gasteiger partial charge on any atom is 0.269 e. The van der Waals surface area contributed by atoms with Crippen LogP contribution in [0.3, 0.4) is 0 Å². The zero-order valence-electron chi connectivity index (χ0n) is 10.3. The van der Waals surface area contributed by atoms with Gasteiger partial charge in [-0.3, -0.25) is 10.1 Å². The van der Waals surface area contributed by atoms with Crippen LogP contribution in [0.4, 0.5) is 11.4 Å². The van der Waals surface area contributed by atoms with Crippen LogP contribution in [0.2, 0.25) is 0 Å². The lowest BCUT2D eigenvalue weighted by Gasteiger charge is -2.27. The Morgan fingerprint density at radius 2 is 2.28 bits per heavy atom. The molecule has 0 aromatic heterocycles. The third kappa shape index (κ3) is 3.11. The van der Waals surface area contributed by atoms with Crippen molar-refractivity contribution < 1.29 is 4.92 Å². The summed E-state index contributed by atoms with van der Waals surface area (Å²) in [6, 6.07) is 6.71. The van der Waals surface area contributed by atoms with Gasteiger partial charge in [-0.1, -0.05) is 0 Å². The van der Waals surface area contributed by atoms with E-state index in [-0.39, 0.29) is 17.6 Å². The lowest BCUT2D eigenvalue weighted by molar-refractivity contribution is -0.384. The molecule has 0 aliphatic rings. The molecule has 0 fully saturated rings. The third-order valence-electron chi connectivity index (χ3n) is 2.85. The van der Waals surface area contributed by atoms with Crippen molar-refractivity contribution in [1.82, 2.24) is 0 Å². The van der Waals surface area contributed by atoms with E-state index in [0.717, 1.165) is 5.69 Å². The molecule has 0 bridgehead atoms. The Morgan fingerprint density at radius 3 is 2.78 bits per heavy atom. The van der Waals surface area contributed by atoms with Gasteiger partial charge in [-0.05, 0) is 18.6 Å². The molecule has 1 aromatic carbocycles. The Labute approximate surface area is 111 Å². The molecule has 0 radical (unpaired) electrons. The summed E-state index contributed by atoms with van der Waals surface area (Å²) in [5, 5.41) is 19.4. The molecule has 5 nitrogen and oxygen atoms in total. The fourth-order valence-electron chi connectivity index (χ4n) is 1.64. The van der Waals surface area contributed by atoms with Crippen LogP contribution in [0, 0.1) is 21.4 Å². The van der Waals surface area contributed by atoms with E-state index in [4.69, 9.17) is 16.9 Å². The summed E-state index contributed by atoms with van der Waals surface area (Å²) in [5.41, 5.74) is 1.53. The smallest absolute Gasteiger partial charge is 0.269 e. The van der Waals surface area contributed by atoms with Crippen molar-refractivity contribution in [2.45, 2.75) is 25.3 Å². The number of anilines is 1. The number of halogens is 1. The highest BCUT2D eigenvalue weighted by molar-refractivity contribution is 6.17. The predicted molar refractivity (Wildman–Crippen MR) is 70.7 cm³/mol. The number of nitro benzene ring substituents is 1. The first-order chi connectivity index (χ1) is 8.51. The number of non-ortho nitro benzene ring substituents is 1. The van der Waals surface area contributed by atoms with E-state index < -0.39 is 4.92 Å². The average molecular weight is 268 g/mol. The summed E-state index contributed by atoms with van der Waals surface area (Å²) in [6.45, 7) is 1.92. The van der Waals surface area contributed by atoms with Gasteiger partial charge in [0, 0.05) is 36.8 Å². The molecule has 1 rings (SSSR count). The summed E-state index contributed by atoms with van der Waals surface area (Å²) < 4.78 is 0. The van der Waals surface area contributed by atoms with Gasteiger partial charge in [-0.15, -0.1) is 11.6 Å². The van der Waals surface area contributed by atoms with Gasteiger partial charge in [-0.25, -0.2) is 0 Å². The topological polar surface area (TPSA) is 70.2 Å². The molecule has 0 aliphatic carbocycles. The Balaban J connectivity index is 3.09. The zero-order chi connectivity index (χ0) is 13.7. The van der Waals surface area contributed by atoms with Gasteiger partial charge in [0.15, 0.2) is 0 Å². The summed E-state index contributed by atoms with van der Waals surface area (Å²) >= 11 is 5.82. The number of alkyl halides is 1. The summed E-state index contributed by atoms with van der Waals surface area (Å²) in [4.78, 5) is 12.2. The van der Waals surface area contributed by atoms with Gasteiger partial charge in [0.25, 0.3) is 5.69 Å². The minimum absolute atomic E-state index is 0.0238. The van der Waals surface area contributed by atoms with Crippen LogP contribution in [-0.2, 0) is 5.88 Å². The Kier molecular flexibility index (Phi) is 4.93. The van der Waals surface area contributed by atoms with Crippen LogP contribution in [0.25, 0.3) is 0 Å². The molecule has 0 aliphatic heterocycles. The summed E-state index contributed by atoms with van der Waals surface area (Å²) in [6.07, 6.45) is 0.384. The third-order valence-corrected chi connectivity index (χ3v) is 3.13. The van der Waals surface area contributed by atoms with Gasteiger partial charge in [0.1, 0.15) is 0 Å². The number of nitrogens with zero attached hydrogens (tertiary/aromatic N) is 3. The summed E-state index contributed by atoms with van der Waals surface area (Å²) in [5.74, 6) is 0.195. The molecule has 0 amide bonds. The van der Waals surface area contributed by atoms with Crippen molar-refractivity contribution in [2.24, 2.45) is 0 Å². The van der Waals surface area contributed by atoms with E-state index in [9.17, 15) is 10.1 Å². The van der Waals surface area contributed by atoms with Crippen LogP contribution >= 0.6 is 11.6 Å². The van der Waals surface area contributed by atoms with Crippen LogP contribution in [0.1, 0.15) is 18.9 Å². The van der Waals surface area contributed by atoms with Crippen LogP contribution < -0.4 is 4.90 Å². The molecule has 1 unspecified atom stereocenters. The van der Waals surface area contributed by atoms with Crippen LogP contribution in [0.5, 0.6) is 0 Å². The average Bonchev–Trinajstić information content (AvgIpc) is 2.37. The van der Waals surface area contributed by atoms with Crippen molar-refractivity contribution in [2.75, 3.05) is 11.9 Å². The minimum Gasteiger partial charge on any atom is -0.371 e. The van der Waals surface area contributed by atoms with E-state index in [2.05, 4.69) is 6.07 Å². The Bertz CT molecular complexity index is 485. The molecule has 1 atom stereocenters. The van der Waals surface area contributed by atoms with Crippen molar-refractivity contribution >= 4 is 23.0 Å². The molecule has 0 saturated carbocycles. The zero-order valence-corrected chi connectivity index (χ0v) is 11.0. The Morgan fingerprint density at radius 1 is 1.61 bits per heavy atom. The largest absolute Gasteiger partial charge is 0.371 e. The summed E-state index contributed by atoms with van der Waals surface area (Å²) in [7, 11) is 1.85. The number of hydrogen-bond donors (Lipinski definition) is 0. The molecule has 0 spiro atoms. The predicted octanol–water partition coefficient (Wildman–Crippen LogP) is 3.07. The molecular formula is C12H14ClN3O2. The van der Waals surface area contributed by atoms with Crippen molar-refractivity contribution in [3.63, 3.8) is 0 Å². The molecule has 0 N–H and O–H groups in total. The lowest BCUT2D eigenvalue weighted by atomic mass is 10.1. The number of nitriles is 1. The molecule has 96 valence electrons. The maximum absolute atomic E-state index is 10.7. The molecule has 6 heteroatoms. The van der Waals surface area contributed by atoms with Crippen molar-refractivity contribution in [3.05, 3.63) is 33.9 Å².